The van der Waals surface area contributed by atoms with E-state index in [4.69, 9.17) is 19.4 Å². The van der Waals surface area contributed by atoms with Crippen LogP contribution in [0, 0.1) is 0 Å². The van der Waals surface area contributed by atoms with Gasteiger partial charge in [0, 0.05) is 33.0 Å². The fourth-order valence-electron chi connectivity index (χ4n) is 7.17. The number of nitrogens with zero attached hydrogens (tertiary/aromatic N) is 3. The first kappa shape index (κ1) is 25.9. The van der Waals surface area contributed by atoms with Crippen molar-refractivity contribution in [3.8, 4) is 67.5 Å². The van der Waals surface area contributed by atoms with Gasteiger partial charge >= 0.3 is 0 Å². The van der Waals surface area contributed by atoms with Crippen LogP contribution in [0.25, 0.3) is 100 Å². The van der Waals surface area contributed by atoms with E-state index in [1.807, 2.05) is 66.7 Å². The average molecular weight is 600 g/mol. The summed E-state index contributed by atoms with van der Waals surface area (Å²) >= 11 is 0. The van der Waals surface area contributed by atoms with Crippen LogP contribution in [0.2, 0.25) is 0 Å². The number of fused-ring (bicyclic) bond motifs is 6. The Hall–Kier alpha value is -6.39. The molecule has 0 saturated heterocycles. The summed E-state index contributed by atoms with van der Waals surface area (Å²) in [5, 5.41) is 4.80. The van der Waals surface area contributed by atoms with Gasteiger partial charge in [0.2, 0.25) is 0 Å². The summed E-state index contributed by atoms with van der Waals surface area (Å²) in [7, 11) is 0. The van der Waals surface area contributed by atoms with Gasteiger partial charge < -0.3 is 4.42 Å². The maximum atomic E-state index is 6.51. The van der Waals surface area contributed by atoms with Crippen LogP contribution in [-0.2, 0) is 0 Å². The summed E-state index contributed by atoms with van der Waals surface area (Å²) in [5.74, 6) is 1.94. The van der Waals surface area contributed by atoms with E-state index >= 15 is 0 Å². The van der Waals surface area contributed by atoms with Crippen molar-refractivity contribution < 1.29 is 4.42 Å². The van der Waals surface area contributed by atoms with Crippen molar-refractivity contribution in [1.82, 2.24) is 15.0 Å². The average Bonchev–Trinajstić information content (AvgIpc) is 3.68. The van der Waals surface area contributed by atoms with Crippen molar-refractivity contribution >= 4 is 32.7 Å². The van der Waals surface area contributed by atoms with E-state index in [0.717, 1.165) is 44.2 Å². The van der Waals surface area contributed by atoms with E-state index in [0.29, 0.717) is 17.5 Å². The fourth-order valence-corrected chi connectivity index (χ4v) is 7.17. The molecule has 0 bridgehead atoms. The second-order valence-electron chi connectivity index (χ2n) is 12.0. The summed E-state index contributed by atoms with van der Waals surface area (Å²) in [6.45, 7) is 0. The molecule has 0 aliphatic heterocycles. The predicted octanol–water partition coefficient (Wildman–Crippen LogP) is 11.2. The van der Waals surface area contributed by atoms with Gasteiger partial charge in [-0.05, 0) is 50.7 Å². The largest absolute Gasteiger partial charge is 0.456 e. The van der Waals surface area contributed by atoms with Crippen LogP contribution in [0.5, 0.6) is 0 Å². The highest BCUT2D eigenvalue weighted by Crippen LogP contribution is 2.54. The second-order valence-corrected chi connectivity index (χ2v) is 12.0. The lowest BCUT2D eigenvalue weighted by molar-refractivity contribution is 0.669. The van der Waals surface area contributed by atoms with Gasteiger partial charge in [0.15, 0.2) is 17.5 Å². The van der Waals surface area contributed by atoms with Crippen molar-refractivity contribution in [2.45, 2.75) is 0 Å². The van der Waals surface area contributed by atoms with Crippen LogP contribution in [-0.4, -0.2) is 15.0 Å². The molecule has 0 atom stereocenters. The van der Waals surface area contributed by atoms with Crippen molar-refractivity contribution in [2.75, 3.05) is 0 Å². The molecule has 7 aromatic carbocycles. The molecule has 0 unspecified atom stereocenters. The highest BCUT2D eigenvalue weighted by Gasteiger charge is 2.28. The fraction of sp³-hybridized carbons (Fsp3) is 0. The molecular weight excluding hydrogens is 574 g/mol. The zero-order chi connectivity index (χ0) is 30.9. The van der Waals surface area contributed by atoms with Gasteiger partial charge in [-0.15, -0.1) is 0 Å². The summed E-state index contributed by atoms with van der Waals surface area (Å²) in [4.78, 5) is 14.8. The molecule has 4 heteroatoms. The monoisotopic (exact) mass is 599 g/mol. The Labute approximate surface area is 270 Å². The zero-order valence-electron chi connectivity index (χ0n) is 25.2. The number of hydrogen-bond acceptors (Lipinski definition) is 4. The molecular formula is C43H25N3O. The molecule has 2 aromatic heterocycles. The Morgan fingerprint density at radius 3 is 1.57 bits per heavy atom. The maximum Gasteiger partial charge on any atom is 0.164 e. The molecule has 4 nitrogen and oxygen atoms in total. The van der Waals surface area contributed by atoms with Crippen molar-refractivity contribution in [1.29, 1.82) is 0 Å². The lowest BCUT2D eigenvalue weighted by Crippen LogP contribution is -2.00. The third kappa shape index (κ3) is 3.98. The number of para-hydroxylation sites is 1. The van der Waals surface area contributed by atoms with Gasteiger partial charge in [0.25, 0.3) is 0 Å². The highest BCUT2D eigenvalue weighted by atomic mass is 16.3. The topological polar surface area (TPSA) is 51.8 Å². The molecule has 0 spiro atoms. The number of furan rings is 1. The standard InChI is InChI=1S/C43H25N3O/c1-3-11-28(12-4-1)41-44-42(29-13-5-2-6-14-29)46-43(45-41)30-23-21-27(22-24-30)38-39-33-19-10-16-26-15-9-18-31(37(26)33)34(39)25-36-40(38)32-17-7-8-20-35(32)47-36/h1-25H. The van der Waals surface area contributed by atoms with Gasteiger partial charge in [-0.25, -0.2) is 15.0 Å². The van der Waals surface area contributed by atoms with Crippen molar-refractivity contribution in [3.05, 3.63) is 152 Å². The summed E-state index contributed by atoms with van der Waals surface area (Å²) < 4.78 is 6.51. The molecule has 2 heterocycles. The first-order valence-corrected chi connectivity index (χ1v) is 15.8. The van der Waals surface area contributed by atoms with Crippen LogP contribution in [0.4, 0.5) is 0 Å². The molecule has 0 amide bonds. The Bertz CT molecular complexity index is 2600. The van der Waals surface area contributed by atoms with Crippen LogP contribution < -0.4 is 0 Å². The Kier molecular flexibility index (Phi) is 5.54. The molecule has 10 rings (SSSR count). The van der Waals surface area contributed by atoms with Crippen LogP contribution in [0.3, 0.4) is 0 Å². The quantitative estimate of drug-likeness (QED) is 0.202. The van der Waals surface area contributed by atoms with E-state index in [9.17, 15) is 0 Å². The summed E-state index contributed by atoms with van der Waals surface area (Å²) in [6.07, 6.45) is 0. The van der Waals surface area contributed by atoms with Gasteiger partial charge in [0.1, 0.15) is 11.2 Å². The molecule has 47 heavy (non-hydrogen) atoms. The molecule has 1 aliphatic carbocycles. The lowest BCUT2D eigenvalue weighted by atomic mass is 9.89. The van der Waals surface area contributed by atoms with Crippen molar-refractivity contribution in [2.24, 2.45) is 0 Å². The zero-order valence-corrected chi connectivity index (χ0v) is 25.2. The third-order valence-electron chi connectivity index (χ3n) is 9.26. The third-order valence-corrected chi connectivity index (χ3v) is 9.26. The second kappa shape index (κ2) is 10.1. The van der Waals surface area contributed by atoms with E-state index in [1.165, 1.54) is 38.6 Å². The summed E-state index contributed by atoms with van der Waals surface area (Å²) in [5.41, 5.74) is 11.9. The Balaban J connectivity index is 1.19. The van der Waals surface area contributed by atoms with E-state index < -0.39 is 0 Å². The highest BCUT2D eigenvalue weighted by molar-refractivity contribution is 6.25. The summed E-state index contributed by atoms with van der Waals surface area (Å²) in [6, 6.07) is 52.6. The molecule has 9 aromatic rings. The minimum atomic E-state index is 0.638. The minimum Gasteiger partial charge on any atom is -0.456 e. The predicted molar refractivity (Wildman–Crippen MR) is 191 cm³/mol. The first-order valence-electron chi connectivity index (χ1n) is 15.8. The first-order chi connectivity index (χ1) is 23.3. The smallest absolute Gasteiger partial charge is 0.164 e. The maximum absolute atomic E-state index is 6.51. The molecule has 218 valence electrons. The Morgan fingerprint density at radius 2 is 0.915 bits per heavy atom. The molecule has 0 N–H and O–H groups in total. The SMILES string of the molecule is c1ccc(-c2nc(-c3ccccc3)nc(-c3ccc(-c4c5c(cc6oc7ccccc7c46)-c4cccc6cccc-5c46)cc3)n2)cc1. The van der Waals surface area contributed by atoms with E-state index in [1.54, 1.807) is 0 Å². The number of benzene rings is 7. The van der Waals surface area contributed by atoms with Crippen LogP contribution in [0.15, 0.2) is 156 Å². The normalized spacial score (nSPS) is 11.8. The molecule has 0 saturated carbocycles. The van der Waals surface area contributed by atoms with Gasteiger partial charge in [0.05, 0.1) is 0 Å². The van der Waals surface area contributed by atoms with Gasteiger partial charge in [-0.2, -0.15) is 0 Å². The van der Waals surface area contributed by atoms with Crippen LogP contribution >= 0.6 is 0 Å². The lowest BCUT2D eigenvalue weighted by Gasteiger charge is -2.14. The minimum absolute atomic E-state index is 0.638. The Morgan fingerprint density at radius 1 is 0.362 bits per heavy atom. The van der Waals surface area contributed by atoms with E-state index in [-0.39, 0.29) is 0 Å². The molecule has 0 fully saturated rings. The van der Waals surface area contributed by atoms with Crippen molar-refractivity contribution in [3.63, 3.8) is 0 Å². The molecule has 0 radical (unpaired) electrons. The van der Waals surface area contributed by atoms with Crippen LogP contribution in [0.1, 0.15) is 0 Å². The number of aromatic nitrogens is 3. The number of rotatable bonds is 4. The van der Waals surface area contributed by atoms with E-state index in [2.05, 4.69) is 84.9 Å². The molecule has 1 aliphatic rings. The van der Waals surface area contributed by atoms with Gasteiger partial charge in [-0.1, -0.05) is 140 Å². The van der Waals surface area contributed by atoms with Gasteiger partial charge in [-0.3, -0.25) is 0 Å². The number of hydrogen-bond donors (Lipinski definition) is 0.